The first-order chi connectivity index (χ1) is 9.58. The van der Waals surface area contributed by atoms with Crippen molar-refractivity contribution in [3.8, 4) is 0 Å². The minimum absolute atomic E-state index is 0.131. The Morgan fingerprint density at radius 3 is 2.65 bits per heavy atom. The summed E-state index contributed by atoms with van der Waals surface area (Å²) in [4.78, 5) is 14.2. The van der Waals surface area contributed by atoms with Crippen molar-refractivity contribution in [1.29, 1.82) is 0 Å². The molecule has 2 rings (SSSR count). The van der Waals surface area contributed by atoms with E-state index in [2.05, 4.69) is 11.8 Å². The molecule has 0 N–H and O–H groups in total. The molecule has 1 aromatic rings. The van der Waals surface area contributed by atoms with E-state index in [1.165, 1.54) is 19.3 Å². The van der Waals surface area contributed by atoms with Crippen LogP contribution in [0.1, 0.15) is 43.0 Å². The van der Waals surface area contributed by atoms with E-state index >= 15 is 0 Å². The maximum absolute atomic E-state index is 13.1. The molecule has 1 atom stereocenters. The molecular weight excluding hydrogens is 260 g/mol. The molecule has 0 aromatic heterocycles. The average Bonchev–Trinajstić information content (AvgIpc) is 2.83. The number of rotatable bonds is 6. The predicted octanol–water partition coefficient (Wildman–Crippen LogP) is 3.66. The molecule has 1 aliphatic heterocycles. The Balaban J connectivity index is 1.83. The van der Waals surface area contributed by atoms with Gasteiger partial charge < -0.3 is 4.90 Å². The van der Waals surface area contributed by atoms with Crippen molar-refractivity contribution in [2.75, 3.05) is 19.6 Å². The predicted molar refractivity (Wildman–Crippen MR) is 74.8 cm³/mol. The highest BCUT2D eigenvalue weighted by molar-refractivity contribution is 5.96. The van der Waals surface area contributed by atoms with Crippen LogP contribution in [0.4, 0.5) is 8.78 Å². The second-order valence-electron chi connectivity index (χ2n) is 5.58. The van der Waals surface area contributed by atoms with Gasteiger partial charge in [-0.15, -0.1) is 0 Å². The van der Waals surface area contributed by atoms with E-state index in [-0.39, 0.29) is 11.3 Å². The Kier molecular flexibility index (Phi) is 5.24. The van der Waals surface area contributed by atoms with Crippen LogP contribution in [0, 0.1) is 17.6 Å². The van der Waals surface area contributed by atoms with E-state index in [0.717, 1.165) is 37.2 Å². The maximum atomic E-state index is 13.1. The molecule has 1 aromatic carbocycles. The summed E-state index contributed by atoms with van der Waals surface area (Å²) in [5.74, 6) is -0.848. The van der Waals surface area contributed by atoms with Crippen LogP contribution >= 0.6 is 0 Å². The lowest BCUT2D eigenvalue weighted by atomic mass is 10.0. The van der Waals surface area contributed by atoms with E-state index in [9.17, 15) is 13.6 Å². The smallest absolute Gasteiger partial charge is 0.164 e. The highest BCUT2D eigenvalue weighted by Gasteiger charge is 2.22. The van der Waals surface area contributed by atoms with Gasteiger partial charge in [-0.3, -0.25) is 4.79 Å². The van der Waals surface area contributed by atoms with Crippen molar-refractivity contribution in [3.63, 3.8) is 0 Å². The lowest BCUT2D eigenvalue weighted by molar-refractivity contribution is 0.0967. The third-order valence-corrected chi connectivity index (χ3v) is 3.91. The van der Waals surface area contributed by atoms with Gasteiger partial charge in [-0.25, -0.2) is 8.78 Å². The van der Waals surface area contributed by atoms with Gasteiger partial charge in [0.05, 0.1) is 0 Å². The number of nitrogens with zero attached hydrogens (tertiary/aromatic N) is 1. The Hall–Kier alpha value is -1.29. The van der Waals surface area contributed by atoms with Crippen molar-refractivity contribution in [3.05, 3.63) is 35.4 Å². The van der Waals surface area contributed by atoms with E-state index in [4.69, 9.17) is 0 Å². The second-order valence-corrected chi connectivity index (χ2v) is 5.58. The van der Waals surface area contributed by atoms with Crippen molar-refractivity contribution in [2.24, 2.45) is 5.92 Å². The average molecular weight is 281 g/mol. The number of halogens is 2. The number of likely N-dealkylation sites (tertiary alicyclic amines) is 1. The monoisotopic (exact) mass is 281 g/mol. The number of Topliss-reactive ketones (excluding diaryl/α,β-unsaturated/α-hetero) is 1. The third-order valence-electron chi connectivity index (χ3n) is 3.91. The highest BCUT2D eigenvalue weighted by Crippen LogP contribution is 2.21. The van der Waals surface area contributed by atoms with Gasteiger partial charge in [-0.05, 0) is 37.4 Å². The molecule has 1 fully saturated rings. The normalized spacial score (nSPS) is 19.4. The summed E-state index contributed by atoms with van der Waals surface area (Å²) in [5.41, 5.74) is 0.131. The molecule has 110 valence electrons. The molecule has 0 radical (unpaired) electrons. The second kappa shape index (κ2) is 6.93. The van der Waals surface area contributed by atoms with Crippen molar-refractivity contribution in [2.45, 2.75) is 32.6 Å². The first kappa shape index (κ1) is 15.1. The summed E-state index contributed by atoms with van der Waals surface area (Å²) in [6, 6.07) is 3.00. The van der Waals surface area contributed by atoms with Crippen molar-refractivity contribution in [1.82, 2.24) is 4.90 Å². The molecule has 0 aliphatic carbocycles. The topological polar surface area (TPSA) is 20.3 Å². The summed E-state index contributed by atoms with van der Waals surface area (Å²) in [5, 5.41) is 0. The van der Waals surface area contributed by atoms with Crippen LogP contribution in [0.5, 0.6) is 0 Å². The minimum Gasteiger partial charge on any atom is -0.303 e. The lowest BCUT2D eigenvalue weighted by Crippen LogP contribution is -2.24. The summed E-state index contributed by atoms with van der Waals surface area (Å²) in [7, 11) is 0. The fourth-order valence-corrected chi connectivity index (χ4v) is 2.88. The minimum atomic E-state index is -0.697. The van der Waals surface area contributed by atoms with Crippen LogP contribution < -0.4 is 0 Å². The van der Waals surface area contributed by atoms with Crippen LogP contribution in [0.25, 0.3) is 0 Å². The SMILES string of the molecule is CCCC1CCN(CCC(=O)c2cc(F)cc(F)c2)C1. The Morgan fingerprint density at radius 2 is 2.00 bits per heavy atom. The molecule has 1 saturated heterocycles. The van der Waals surface area contributed by atoms with Gasteiger partial charge >= 0.3 is 0 Å². The fraction of sp³-hybridized carbons (Fsp3) is 0.562. The van der Waals surface area contributed by atoms with Crippen LogP contribution in [0.15, 0.2) is 18.2 Å². The van der Waals surface area contributed by atoms with Crippen molar-refractivity contribution >= 4 is 5.78 Å². The molecule has 2 nitrogen and oxygen atoms in total. The van der Waals surface area contributed by atoms with Gasteiger partial charge in [-0.1, -0.05) is 13.3 Å². The van der Waals surface area contributed by atoms with Crippen LogP contribution in [0.2, 0.25) is 0 Å². The van der Waals surface area contributed by atoms with E-state index in [1.807, 2.05) is 0 Å². The van der Waals surface area contributed by atoms with Crippen LogP contribution in [-0.2, 0) is 0 Å². The fourth-order valence-electron chi connectivity index (χ4n) is 2.88. The lowest BCUT2D eigenvalue weighted by Gasteiger charge is -2.15. The number of benzene rings is 1. The molecule has 4 heteroatoms. The van der Waals surface area contributed by atoms with Crippen LogP contribution in [0.3, 0.4) is 0 Å². The summed E-state index contributed by atoms with van der Waals surface area (Å²) in [6.07, 6.45) is 3.94. The maximum Gasteiger partial charge on any atom is 0.164 e. The number of carbonyl (C=O) groups excluding carboxylic acids is 1. The number of hydrogen-bond donors (Lipinski definition) is 0. The summed E-state index contributed by atoms with van der Waals surface area (Å²) >= 11 is 0. The Labute approximate surface area is 118 Å². The molecular formula is C16H21F2NO. The van der Waals surface area contributed by atoms with Gasteiger partial charge in [0.15, 0.2) is 5.78 Å². The molecule has 1 aliphatic rings. The summed E-state index contributed by atoms with van der Waals surface area (Å²) in [6.45, 7) is 4.93. The van der Waals surface area contributed by atoms with Gasteiger partial charge in [0.2, 0.25) is 0 Å². The largest absolute Gasteiger partial charge is 0.303 e. The Morgan fingerprint density at radius 1 is 1.30 bits per heavy atom. The number of hydrogen-bond acceptors (Lipinski definition) is 2. The Bertz CT molecular complexity index is 455. The molecule has 0 saturated carbocycles. The van der Waals surface area contributed by atoms with Gasteiger partial charge in [-0.2, -0.15) is 0 Å². The standard InChI is InChI=1S/C16H21F2NO/c1-2-3-12-4-6-19(11-12)7-5-16(20)13-8-14(17)10-15(18)9-13/h8-10,12H,2-7,11H2,1H3. The van der Waals surface area contributed by atoms with E-state index < -0.39 is 11.6 Å². The quantitative estimate of drug-likeness (QED) is 0.742. The molecule has 1 unspecified atom stereocenters. The zero-order chi connectivity index (χ0) is 14.5. The molecule has 1 heterocycles. The highest BCUT2D eigenvalue weighted by atomic mass is 19.1. The van der Waals surface area contributed by atoms with Gasteiger partial charge in [0.25, 0.3) is 0 Å². The zero-order valence-corrected chi connectivity index (χ0v) is 11.9. The first-order valence-electron chi connectivity index (χ1n) is 7.30. The van der Waals surface area contributed by atoms with E-state index in [1.54, 1.807) is 0 Å². The summed E-state index contributed by atoms with van der Waals surface area (Å²) < 4.78 is 26.1. The van der Waals surface area contributed by atoms with Gasteiger partial charge in [0, 0.05) is 31.1 Å². The number of carbonyl (C=O) groups is 1. The van der Waals surface area contributed by atoms with E-state index in [0.29, 0.717) is 13.0 Å². The molecule has 0 bridgehead atoms. The van der Waals surface area contributed by atoms with Crippen LogP contribution in [-0.4, -0.2) is 30.3 Å². The molecule has 0 spiro atoms. The van der Waals surface area contributed by atoms with Crippen molar-refractivity contribution < 1.29 is 13.6 Å². The third kappa shape index (κ3) is 4.10. The first-order valence-corrected chi connectivity index (χ1v) is 7.30. The van der Waals surface area contributed by atoms with Gasteiger partial charge in [0.1, 0.15) is 11.6 Å². The zero-order valence-electron chi connectivity index (χ0n) is 11.9. The molecule has 20 heavy (non-hydrogen) atoms. The molecule has 0 amide bonds. The number of ketones is 1.